The van der Waals surface area contributed by atoms with Gasteiger partial charge in [0, 0.05) is 18.4 Å². The van der Waals surface area contributed by atoms with Gasteiger partial charge in [-0.3, -0.25) is 9.59 Å². The molecular weight excluding hydrogens is 188 g/mol. The molecule has 0 aliphatic heterocycles. The van der Waals surface area contributed by atoms with Gasteiger partial charge in [0.1, 0.15) is 12.1 Å². The molecule has 0 spiro atoms. The van der Waals surface area contributed by atoms with Crippen LogP contribution in [0.1, 0.15) is 47.5 Å². The normalized spacial score (nSPS) is 17.7. The van der Waals surface area contributed by atoms with Crippen molar-refractivity contribution in [2.45, 2.75) is 31.6 Å². The van der Waals surface area contributed by atoms with E-state index in [0.717, 1.165) is 19.1 Å². The van der Waals surface area contributed by atoms with Gasteiger partial charge in [0.2, 0.25) is 0 Å². The molecule has 15 heavy (non-hydrogen) atoms. The van der Waals surface area contributed by atoms with Gasteiger partial charge in [-0.05, 0) is 24.3 Å². The van der Waals surface area contributed by atoms with E-state index in [9.17, 15) is 9.59 Å². The van der Waals surface area contributed by atoms with Crippen LogP contribution in [-0.2, 0) is 4.79 Å². The van der Waals surface area contributed by atoms with Gasteiger partial charge < -0.3 is 0 Å². The van der Waals surface area contributed by atoms with Crippen LogP contribution in [0.3, 0.4) is 0 Å². The monoisotopic (exact) mass is 202 g/mol. The molecule has 0 bridgehead atoms. The van der Waals surface area contributed by atoms with Crippen LogP contribution < -0.4 is 0 Å². The number of carbonyl (C=O) groups is 2. The summed E-state index contributed by atoms with van der Waals surface area (Å²) in [6, 6.07) is 7.70. The molecule has 0 radical (unpaired) electrons. The molecule has 2 rings (SSSR count). The summed E-state index contributed by atoms with van der Waals surface area (Å²) in [7, 11) is 0. The predicted molar refractivity (Wildman–Crippen MR) is 58.0 cm³/mol. The van der Waals surface area contributed by atoms with Crippen molar-refractivity contribution in [3.8, 4) is 0 Å². The zero-order valence-corrected chi connectivity index (χ0v) is 8.61. The molecule has 0 unspecified atom stereocenters. The summed E-state index contributed by atoms with van der Waals surface area (Å²) in [6.07, 6.45) is 4.19. The molecule has 1 fully saturated rings. The molecule has 2 heteroatoms. The highest BCUT2D eigenvalue weighted by Gasteiger charge is 2.19. The minimum Gasteiger partial charge on any atom is -0.300 e. The Morgan fingerprint density at radius 3 is 2.20 bits per heavy atom. The zero-order chi connectivity index (χ0) is 10.7. The number of rotatable bonds is 2. The number of aldehydes is 1. The Bertz CT molecular complexity index is 355. The molecular formula is C13H14O2. The van der Waals surface area contributed by atoms with Crippen molar-refractivity contribution in [1.82, 2.24) is 0 Å². The van der Waals surface area contributed by atoms with Crippen molar-refractivity contribution in [2.75, 3.05) is 0 Å². The molecule has 0 saturated heterocycles. The number of hydrogen-bond acceptors (Lipinski definition) is 2. The van der Waals surface area contributed by atoms with Crippen LogP contribution in [-0.4, -0.2) is 12.1 Å². The largest absolute Gasteiger partial charge is 0.300 e. The fraction of sp³-hybridized carbons (Fsp3) is 0.385. The van der Waals surface area contributed by atoms with E-state index in [1.807, 2.05) is 24.3 Å². The van der Waals surface area contributed by atoms with Crippen LogP contribution in [0.4, 0.5) is 0 Å². The van der Waals surface area contributed by atoms with E-state index in [4.69, 9.17) is 0 Å². The molecule has 1 aromatic carbocycles. The number of hydrogen-bond donors (Lipinski definition) is 0. The lowest BCUT2D eigenvalue weighted by Crippen LogP contribution is -2.12. The third-order valence-corrected chi connectivity index (χ3v) is 3.09. The maximum Gasteiger partial charge on any atom is 0.150 e. The fourth-order valence-electron chi connectivity index (χ4n) is 2.12. The van der Waals surface area contributed by atoms with E-state index in [-0.39, 0.29) is 0 Å². The minimum atomic E-state index is 0.385. The van der Waals surface area contributed by atoms with E-state index in [1.54, 1.807) is 0 Å². The van der Waals surface area contributed by atoms with Crippen molar-refractivity contribution >= 4 is 12.1 Å². The number of ketones is 1. The zero-order valence-electron chi connectivity index (χ0n) is 8.61. The second kappa shape index (κ2) is 4.39. The van der Waals surface area contributed by atoms with Crippen LogP contribution >= 0.6 is 0 Å². The highest BCUT2D eigenvalue weighted by molar-refractivity contribution is 5.79. The summed E-state index contributed by atoms with van der Waals surface area (Å²) in [5, 5.41) is 0. The Balaban J connectivity index is 2.09. The van der Waals surface area contributed by atoms with Gasteiger partial charge in [0.25, 0.3) is 0 Å². The van der Waals surface area contributed by atoms with Gasteiger partial charge >= 0.3 is 0 Å². The SMILES string of the molecule is O=Cc1ccc(C2CCC(=O)CC2)cc1. The molecule has 0 N–H and O–H groups in total. The molecule has 0 amide bonds. The summed E-state index contributed by atoms with van der Waals surface area (Å²) in [6.45, 7) is 0. The van der Waals surface area contributed by atoms with Gasteiger partial charge in [-0.15, -0.1) is 0 Å². The highest BCUT2D eigenvalue weighted by Crippen LogP contribution is 2.30. The Kier molecular flexibility index (Phi) is 2.95. The van der Waals surface area contributed by atoms with Crippen molar-refractivity contribution in [3.05, 3.63) is 35.4 Å². The molecule has 0 heterocycles. The van der Waals surface area contributed by atoms with Gasteiger partial charge in [-0.25, -0.2) is 0 Å². The third-order valence-electron chi connectivity index (χ3n) is 3.09. The third kappa shape index (κ3) is 2.32. The molecule has 1 aliphatic rings. The molecule has 0 atom stereocenters. The van der Waals surface area contributed by atoms with Gasteiger partial charge in [-0.1, -0.05) is 24.3 Å². The maximum atomic E-state index is 11.1. The first kappa shape index (κ1) is 10.1. The van der Waals surface area contributed by atoms with Crippen molar-refractivity contribution < 1.29 is 9.59 Å². The van der Waals surface area contributed by atoms with Crippen molar-refractivity contribution in [1.29, 1.82) is 0 Å². The van der Waals surface area contributed by atoms with E-state index < -0.39 is 0 Å². The van der Waals surface area contributed by atoms with Crippen molar-refractivity contribution in [3.63, 3.8) is 0 Å². The van der Waals surface area contributed by atoms with Crippen molar-refractivity contribution in [2.24, 2.45) is 0 Å². The average molecular weight is 202 g/mol. The second-order valence-corrected chi connectivity index (χ2v) is 4.10. The first-order valence-electron chi connectivity index (χ1n) is 5.36. The standard InChI is InChI=1S/C13H14O2/c14-9-10-1-3-11(4-2-10)12-5-7-13(15)8-6-12/h1-4,9,12H,5-8H2. The van der Waals surface area contributed by atoms with Crippen LogP contribution in [0.15, 0.2) is 24.3 Å². The number of Topliss-reactive ketones (excluding diaryl/α,β-unsaturated/α-hetero) is 1. The smallest absolute Gasteiger partial charge is 0.150 e. The quantitative estimate of drug-likeness (QED) is 0.691. The Morgan fingerprint density at radius 1 is 1.07 bits per heavy atom. The molecule has 0 aromatic heterocycles. The summed E-state index contributed by atoms with van der Waals surface area (Å²) in [5.41, 5.74) is 1.97. The highest BCUT2D eigenvalue weighted by atomic mass is 16.1. The second-order valence-electron chi connectivity index (χ2n) is 4.10. The van der Waals surface area contributed by atoms with Gasteiger partial charge in [0.05, 0.1) is 0 Å². The maximum absolute atomic E-state index is 11.1. The van der Waals surface area contributed by atoms with E-state index in [0.29, 0.717) is 30.1 Å². The lowest BCUT2D eigenvalue weighted by molar-refractivity contribution is -0.120. The summed E-state index contributed by atoms with van der Waals surface area (Å²) in [4.78, 5) is 21.6. The Labute approximate surface area is 89.3 Å². The topological polar surface area (TPSA) is 34.1 Å². The number of carbonyl (C=O) groups excluding carboxylic acids is 2. The molecule has 2 nitrogen and oxygen atoms in total. The Hall–Kier alpha value is -1.44. The lowest BCUT2D eigenvalue weighted by atomic mass is 9.83. The molecule has 1 aliphatic carbocycles. The minimum absolute atomic E-state index is 0.385. The van der Waals surface area contributed by atoms with Crippen LogP contribution in [0.25, 0.3) is 0 Å². The predicted octanol–water partition coefficient (Wildman–Crippen LogP) is 2.73. The fourth-order valence-corrected chi connectivity index (χ4v) is 2.12. The van der Waals surface area contributed by atoms with Crippen LogP contribution in [0, 0.1) is 0 Å². The van der Waals surface area contributed by atoms with Gasteiger partial charge in [-0.2, -0.15) is 0 Å². The summed E-state index contributed by atoms with van der Waals surface area (Å²) < 4.78 is 0. The molecule has 1 saturated carbocycles. The lowest BCUT2D eigenvalue weighted by Gasteiger charge is -2.21. The first-order chi connectivity index (χ1) is 7.29. The first-order valence-corrected chi connectivity index (χ1v) is 5.36. The van der Waals surface area contributed by atoms with Crippen LogP contribution in [0.5, 0.6) is 0 Å². The molecule has 78 valence electrons. The summed E-state index contributed by atoms with van der Waals surface area (Å²) >= 11 is 0. The van der Waals surface area contributed by atoms with Gasteiger partial charge in [0.15, 0.2) is 0 Å². The van der Waals surface area contributed by atoms with E-state index in [2.05, 4.69) is 0 Å². The molecule has 1 aromatic rings. The van der Waals surface area contributed by atoms with E-state index in [1.165, 1.54) is 5.56 Å². The summed E-state index contributed by atoms with van der Waals surface area (Å²) in [5.74, 6) is 0.888. The Morgan fingerprint density at radius 2 is 1.67 bits per heavy atom. The average Bonchev–Trinajstić information content (AvgIpc) is 2.30. The van der Waals surface area contributed by atoms with E-state index >= 15 is 0 Å². The number of benzene rings is 1. The van der Waals surface area contributed by atoms with Crippen LogP contribution in [0.2, 0.25) is 0 Å².